The molecule has 0 amide bonds. The number of fused-ring (bicyclic) bond motifs is 1. The Hall–Kier alpha value is -1.13. The third kappa shape index (κ3) is 1.50. The standard InChI is InChI=1S/C8H9ClN4/c1-10-2-6-3-12-8-4-11-7(9)5-13(6)8/h3-5,10H,2H2,1H3. The SMILES string of the molecule is CNCc1cnc2cnc(Cl)cn12. The zero-order valence-corrected chi connectivity index (χ0v) is 7.91. The summed E-state index contributed by atoms with van der Waals surface area (Å²) in [4.78, 5) is 8.12. The first-order chi connectivity index (χ1) is 6.31. The van der Waals surface area contributed by atoms with Gasteiger partial charge in [-0.3, -0.25) is 4.40 Å². The van der Waals surface area contributed by atoms with E-state index in [1.807, 2.05) is 17.6 Å². The summed E-state index contributed by atoms with van der Waals surface area (Å²) < 4.78 is 1.92. The molecule has 0 unspecified atom stereocenters. The predicted octanol–water partition coefficient (Wildman–Crippen LogP) is 1.10. The average molecular weight is 197 g/mol. The van der Waals surface area contributed by atoms with Crippen molar-refractivity contribution in [3.05, 3.63) is 29.4 Å². The lowest BCUT2D eigenvalue weighted by atomic mass is 10.4. The molecule has 0 aliphatic rings. The van der Waals surface area contributed by atoms with Gasteiger partial charge < -0.3 is 5.32 Å². The molecule has 0 aliphatic carbocycles. The van der Waals surface area contributed by atoms with E-state index in [4.69, 9.17) is 11.6 Å². The number of aromatic nitrogens is 3. The Balaban J connectivity index is 2.58. The summed E-state index contributed by atoms with van der Waals surface area (Å²) in [6.45, 7) is 0.765. The molecule has 0 aliphatic heterocycles. The molecule has 0 aromatic carbocycles. The van der Waals surface area contributed by atoms with Gasteiger partial charge in [0.25, 0.3) is 0 Å². The summed E-state index contributed by atoms with van der Waals surface area (Å²) >= 11 is 5.77. The van der Waals surface area contributed by atoms with E-state index in [0.717, 1.165) is 17.9 Å². The van der Waals surface area contributed by atoms with Crippen LogP contribution in [0.1, 0.15) is 5.69 Å². The Morgan fingerprint density at radius 2 is 2.31 bits per heavy atom. The highest BCUT2D eigenvalue weighted by molar-refractivity contribution is 6.29. The monoisotopic (exact) mass is 196 g/mol. The molecule has 0 spiro atoms. The van der Waals surface area contributed by atoms with Crippen LogP contribution in [0.3, 0.4) is 0 Å². The molecule has 0 saturated heterocycles. The molecule has 0 fully saturated rings. The van der Waals surface area contributed by atoms with Crippen molar-refractivity contribution in [3.8, 4) is 0 Å². The Bertz CT molecular complexity index is 423. The summed E-state index contributed by atoms with van der Waals surface area (Å²) in [6.07, 6.45) is 5.22. The van der Waals surface area contributed by atoms with Gasteiger partial charge in [-0.05, 0) is 7.05 Å². The van der Waals surface area contributed by atoms with Crippen molar-refractivity contribution in [1.29, 1.82) is 0 Å². The van der Waals surface area contributed by atoms with Gasteiger partial charge >= 0.3 is 0 Å². The third-order valence-electron chi connectivity index (χ3n) is 1.80. The average Bonchev–Trinajstić information content (AvgIpc) is 2.49. The van der Waals surface area contributed by atoms with E-state index in [1.165, 1.54) is 0 Å². The van der Waals surface area contributed by atoms with Crippen LogP contribution < -0.4 is 5.32 Å². The van der Waals surface area contributed by atoms with Crippen molar-refractivity contribution >= 4 is 17.2 Å². The van der Waals surface area contributed by atoms with E-state index in [9.17, 15) is 0 Å². The van der Waals surface area contributed by atoms with E-state index in [1.54, 1.807) is 12.4 Å². The first-order valence-electron chi connectivity index (χ1n) is 3.93. The lowest BCUT2D eigenvalue weighted by Crippen LogP contribution is -2.07. The number of hydrogen-bond acceptors (Lipinski definition) is 3. The van der Waals surface area contributed by atoms with Crippen molar-refractivity contribution in [1.82, 2.24) is 19.7 Å². The first-order valence-corrected chi connectivity index (χ1v) is 4.31. The van der Waals surface area contributed by atoms with Crippen molar-refractivity contribution in [2.75, 3.05) is 7.05 Å². The number of halogens is 1. The van der Waals surface area contributed by atoms with Crippen molar-refractivity contribution in [3.63, 3.8) is 0 Å². The molecule has 13 heavy (non-hydrogen) atoms. The van der Waals surface area contributed by atoms with Crippen LogP contribution in [-0.2, 0) is 6.54 Å². The topological polar surface area (TPSA) is 42.2 Å². The molecule has 0 radical (unpaired) electrons. The van der Waals surface area contributed by atoms with Crippen LogP contribution in [-0.4, -0.2) is 21.4 Å². The molecule has 0 saturated carbocycles. The summed E-state index contributed by atoms with van der Waals surface area (Å²) in [6, 6.07) is 0. The number of nitrogens with zero attached hydrogens (tertiary/aromatic N) is 3. The number of hydrogen-bond donors (Lipinski definition) is 1. The van der Waals surface area contributed by atoms with E-state index in [0.29, 0.717) is 5.15 Å². The normalized spacial score (nSPS) is 10.9. The maximum absolute atomic E-state index is 5.77. The minimum atomic E-state index is 0.475. The fraction of sp³-hybridized carbons (Fsp3) is 0.250. The number of rotatable bonds is 2. The van der Waals surface area contributed by atoms with Gasteiger partial charge in [0.05, 0.1) is 18.1 Å². The molecule has 1 N–H and O–H groups in total. The van der Waals surface area contributed by atoms with Crippen molar-refractivity contribution in [2.24, 2.45) is 0 Å². The summed E-state index contributed by atoms with van der Waals surface area (Å²) in [5.74, 6) is 0. The van der Waals surface area contributed by atoms with Crippen LogP contribution in [0.5, 0.6) is 0 Å². The molecule has 2 rings (SSSR count). The van der Waals surface area contributed by atoms with Gasteiger partial charge in [0.15, 0.2) is 5.65 Å². The predicted molar refractivity (Wildman–Crippen MR) is 50.8 cm³/mol. The fourth-order valence-corrected chi connectivity index (χ4v) is 1.37. The van der Waals surface area contributed by atoms with Crippen LogP contribution >= 0.6 is 11.6 Å². The molecule has 0 atom stereocenters. The lowest BCUT2D eigenvalue weighted by molar-refractivity contribution is 0.781. The zero-order valence-electron chi connectivity index (χ0n) is 7.16. The number of nitrogens with one attached hydrogen (secondary N) is 1. The molecule has 2 aromatic heterocycles. The molecule has 4 nitrogen and oxygen atoms in total. The van der Waals surface area contributed by atoms with Gasteiger partial charge in [0.1, 0.15) is 5.15 Å². The van der Waals surface area contributed by atoms with Gasteiger partial charge in [-0.25, -0.2) is 9.97 Å². The highest BCUT2D eigenvalue weighted by Gasteiger charge is 2.02. The van der Waals surface area contributed by atoms with Crippen LogP contribution in [0.15, 0.2) is 18.6 Å². The molecular weight excluding hydrogens is 188 g/mol. The summed E-state index contributed by atoms with van der Waals surface area (Å²) in [7, 11) is 1.89. The largest absolute Gasteiger partial charge is 0.314 e. The van der Waals surface area contributed by atoms with E-state index in [2.05, 4.69) is 15.3 Å². The maximum Gasteiger partial charge on any atom is 0.155 e. The van der Waals surface area contributed by atoms with Crippen LogP contribution in [0, 0.1) is 0 Å². The summed E-state index contributed by atoms with van der Waals surface area (Å²) in [5.41, 5.74) is 1.89. The van der Waals surface area contributed by atoms with E-state index >= 15 is 0 Å². The molecule has 5 heteroatoms. The van der Waals surface area contributed by atoms with E-state index < -0.39 is 0 Å². The lowest BCUT2D eigenvalue weighted by Gasteiger charge is -1.99. The maximum atomic E-state index is 5.77. The third-order valence-corrected chi connectivity index (χ3v) is 1.99. The highest BCUT2D eigenvalue weighted by Crippen LogP contribution is 2.09. The minimum absolute atomic E-state index is 0.475. The Morgan fingerprint density at radius 1 is 1.46 bits per heavy atom. The van der Waals surface area contributed by atoms with E-state index in [-0.39, 0.29) is 0 Å². The zero-order chi connectivity index (χ0) is 9.26. The molecular formula is C8H9ClN4. The first kappa shape index (κ1) is 8.47. The van der Waals surface area contributed by atoms with Crippen LogP contribution in [0.4, 0.5) is 0 Å². The second-order valence-corrected chi connectivity index (χ2v) is 3.11. The fourth-order valence-electron chi connectivity index (χ4n) is 1.23. The second-order valence-electron chi connectivity index (χ2n) is 2.72. The minimum Gasteiger partial charge on any atom is -0.314 e. The van der Waals surface area contributed by atoms with Gasteiger partial charge in [-0.1, -0.05) is 11.6 Å². The van der Waals surface area contributed by atoms with Crippen molar-refractivity contribution < 1.29 is 0 Å². The molecule has 0 bridgehead atoms. The molecule has 68 valence electrons. The Morgan fingerprint density at radius 3 is 3.08 bits per heavy atom. The van der Waals surface area contributed by atoms with Gasteiger partial charge in [-0.15, -0.1) is 0 Å². The van der Waals surface area contributed by atoms with Gasteiger partial charge in [0.2, 0.25) is 0 Å². The highest BCUT2D eigenvalue weighted by atomic mass is 35.5. The quantitative estimate of drug-likeness (QED) is 0.782. The Kier molecular flexibility index (Phi) is 2.16. The Labute approximate surface area is 80.6 Å². The van der Waals surface area contributed by atoms with Crippen LogP contribution in [0.2, 0.25) is 5.15 Å². The molecule has 2 aromatic rings. The second kappa shape index (κ2) is 3.32. The van der Waals surface area contributed by atoms with Crippen LogP contribution in [0.25, 0.3) is 5.65 Å². The van der Waals surface area contributed by atoms with Gasteiger partial charge in [-0.2, -0.15) is 0 Å². The van der Waals surface area contributed by atoms with Gasteiger partial charge in [0, 0.05) is 12.7 Å². The number of imidazole rings is 1. The van der Waals surface area contributed by atoms with Crippen molar-refractivity contribution in [2.45, 2.75) is 6.54 Å². The smallest absolute Gasteiger partial charge is 0.155 e. The molecule has 2 heterocycles. The summed E-state index contributed by atoms with van der Waals surface area (Å²) in [5, 5.41) is 3.53.